The molecule has 166 valence electrons. The lowest BCUT2D eigenvalue weighted by molar-refractivity contribution is 0.0977. The Morgan fingerprint density at radius 2 is 1.77 bits per heavy atom. The van der Waals surface area contributed by atoms with Gasteiger partial charge in [-0.1, -0.05) is 56.4 Å². The fourth-order valence-electron chi connectivity index (χ4n) is 3.86. The van der Waals surface area contributed by atoms with Crippen LogP contribution >= 0.6 is 12.2 Å². The lowest BCUT2D eigenvalue weighted by Gasteiger charge is -2.36. The van der Waals surface area contributed by atoms with Crippen molar-refractivity contribution in [1.82, 2.24) is 4.90 Å². The maximum absolute atomic E-state index is 12.6. The van der Waals surface area contributed by atoms with Crippen molar-refractivity contribution in [3.05, 3.63) is 60.2 Å². The predicted octanol–water partition coefficient (Wildman–Crippen LogP) is 5.65. The fraction of sp³-hybridized carbons (Fsp3) is 0.462. The van der Waals surface area contributed by atoms with E-state index in [9.17, 15) is 4.79 Å². The number of para-hydroxylation sites is 1. The number of benzene rings is 2. The van der Waals surface area contributed by atoms with Crippen molar-refractivity contribution in [3.63, 3.8) is 0 Å². The van der Waals surface area contributed by atoms with E-state index in [2.05, 4.69) is 59.3 Å². The molecule has 1 saturated heterocycles. The van der Waals surface area contributed by atoms with Gasteiger partial charge in [0.15, 0.2) is 5.78 Å². The zero-order chi connectivity index (χ0) is 22.1. The van der Waals surface area contributed by atoms with Gasteiger partial charge < -0.3 is 10.2 Å². The molecule has 5 heteroatoms. The molecule has 0 aromatic heterocycles. The summed E-state index contributed by atoms with van der Waals surface area (Å²) in [5.74, 6) is 0.552. The van der Waals surface area contributed by atoms with E-state index in [1.54, 1.807) is 0 Å². The van der Waals surface area contributed by atoms with E-state index in [1.165, 1.54) is 5.69 Å². The largest absolute Gasteiger partial charge is 0.369 e. The number of nitrogens with zero attached hydrogens (tertiary/aromatic N) is 2. The van der Waals surface area contributed by atoms with E-state index in [0.717, 1.165) is 68.2 Å². The van der Waals surface area contributed by atoms with Crippen LogP contribution in [0.15, 0.2) is 54.6 Å². The van der Waals surface area contributed by atoms with Crippen molar-refractivity contribution < 1.29 is 4.79 Å². The highest BCUT2D eigenvalue weighted by molar-refractivity contribution is 7.80. The number of ketones is 1. The van der Waals surface area contributed by atoms with Crippen LogP contribution in [0.25, 0.3) is 0 Å². The molecule has 2 aromatic carbocycles. The number of unbranched alkanes of at least 4 members (excludes halogenated alkanes) is 1. The van der Waals surface area contributed by atoms with E-state index in [1.807, 2.05) is 24.3 Å². The average molecular weight is 438 g/mol. The zero-order valence-corrected chi connectivity index (χ0v) is 19.7. The minimum absolute atomic E-state index is 0.215. The molecule has 1 atom stereocenters. The second kappa shape index (κ2) is 12.0. The van der Waals surface area contributed by atoms with Crippen molar-refractivity contribution >= 4 is 34.4 Å². The Hall–Kier alpha value is -2.24. The lowest BCUT2D eigenvalue weighted by atomic mass is 10.0. The average Bonchev–Trinajstić information content (AvgIpc) is 2.82. The minimum Gasteiger partial charge on any atom is -0.369 e. The van der Waals surface area contributed by atoms with E-state index in [-0.39, 0.29) is 5.78 Å². The molecular formula is C26H35N3OS. The van der Waals surface area contributed by atoms with Gasteiger partial charge in [0.25, 0.3) is 0 Å². The summed E-state index contributed by atoms with van der Waals surface area (Å²) in [6.45, 7) is 9.64. The maximum Gasteiger partial charge on any atom is 0.162 e. The number of Topliss-reactive ketones (excluding diaryl/α,β-unsaturated/α-hetero) is 1. The number of carbonyl (C=O) groups excluding carboxylic acids is 1. The number of hydrogen-bond acceptors (Lipinski definition) is 4. The Kier molecular flexibility index (Phi) is 9.04. The van der Waals surface area contributed by atoms with Gasteiger partial charge in [-0.2, -0.15) is 0 Å². The van der Waals surface area contributed by atoms with Gasteiger partial charge in [0, 0.05) is 55.5 Å². The summed E-state index contributed by atoms with van der Waals surface area (Å²) in [7, 11) is 0. The molecule has 1 aliphatic rings. The first-order valence-corrected chi connectivity index (χ1v) is 11.9. The molecule has 0 spiro atoms. The van der Waals surface area contributed by atoms with Crippen LogP contribution in [0.1, 0.15) is 49.9 Å². The number of anilines is 2. The van der Waals surface area contributed by atoms with Gasteiger partial charge in [0.2, 0.25) is 0 Å². The number of rotatable bonds is 10. The second-order valence-electron chi connectivity index (χ2n) is 8.42. The van der Waals surface area contributed by atoms with Gasteiger partial charge in [-0.05, 0) is 50.1 Å². The highest BCUT2D eigenvalue weighted by Crippen LogP contribution is 2.18. The quantitative estimate of drug-likeness (QED) is 0.295. The van der Waals surface area contributed by atoms with E-state index in [4.69, 9.17) is 12.2 Å². The smallest absolute Gasteiger partial charge is 0.162 e. The van der Waals surface area contributed by atoms with Crippen LogP contribution in [0.2, 0.25) is 0 Å². The lowest BCUT2D eigenvalue weighted by Crippen LogP contribution is -2.46. The number of thiocarbonyl (C=S) groups is 1. The summed E-state index contributed by atoms with van der Waals surface area (Å²) in [5, 5.41) is 3.28. The molecule has 0 aliphatic carbocycles. The van der Waals surface area contributed by atoms with E-state index >= 15 is 0 Å². The van der Waals surface area contributed by atoms with Crippen LogP contribution in [0.3, 0.4) is 0 Å². The molecule has 2 aromatic rings. The summed E-state index contributed by atoms with van der Waals surface area (Å²) in [4.78, 5) is 18.4. The Bertz CT molecular complexity index is 847. The molecule has 1 N–H and O–H groups in total. The summed E-state index contributed by atoms with van der Waals surface area (Å²) >= 11 is 5.45. The number of hydrogen-bond donors (Lipinski definition) is 1. The first-order valence-electron chi connectivity index (χ1n) is 11.5. The first-order chi connectivity index (χ1) is 15.1. The third-order valence-corrected chi connectivity index (χ3v) is 6.64. The third-order valence-electron chi connectivity index (χ3n) is 6.13. The highest BCUT2D eigenvalue weighted by Gasteiger charge is 2.17. The van der Waals surface area contributed by atoms with Crippen molar-refractivity contribution in [3.8, 4) is 0 Å². The summed E-state index contributed by atoms with van der Waals surface area (Å²) in [5.41, 5.74) is 3.00. The SMILES string of the molecule is CCC(C)C(=S)Nc1cccc(C(=O)CCCCN2CCN(c3ccccc3)CC2)c1. The second-order valence-corrected chi connectivity index (χ2v) is 8.86. The normalized spacial score (nSPS) is 15.5. The number of carbonyl (C=O) groups is 1. The molecule has 0 radical (unpaired) electrons. The van der Waals surface area contributed by atoms with Crippen LogP contribution in [0.5, 0.6) is 0 Å². The zero-order valence-electron chi connectivity index (χ0n) is 18.8. The van der Waals surface area contributed by atoms with Crippen LogP contribution in [-0.4, -0.2) is 48.4 Å². The first kappa shape index (κ1) is 23.4. The van der Waals surface area contributed by atoms with Gasteiger partial charge in [-0.25, -0.2) is 0 Å². The molecule has 0 saturated carbocycles. The van der Waals surface area contributed by atoms with Gasteiger partial charge >= 0.3 is 0 Å². The predicted molar refractivity (Wildman–Crippen MR) is 135 cm³/mol. The number of nitrogens with one attached hydrogen (secondary N) is 1. The van der Waals surface area contributed by atoms with E-state index in [0.29, 0.717) is 12.3 Å². The molecule has 3 rings (SSSR count). The van der Waals surface area contributed by atoms with Crippen LogP contribution < -0.4 is 10.2 Å². The Labute approximate surface area is 192 Å². The Morgan fingerprint density at radius 3 is 2.48 bits per heavy atom. The third kappa shape index (κ3) is 7.15. The molecule has 1 heterocycles. The molecule has 1 unspecified atom stereocenters. The summed E-state index contributed by atoms with van der Waals surface area (Å²) < 4.78 is 0. The maximum atomic E-state index is 12.6. The van der Waals surface area contributed by atoms with Gasteiger partial charge in [0.1, 0.15) is 0 Å². The van der Waals surface area contributed by atoms with Crippen LogP contribution in [0, 0.1) is 5.92 Å². The van der Waals surface area contributed by atoms with Gasteiger partial charge in [-0.3, -0.25) is 9.69 Å². The molecule has 0 amide bonds. The van der Waals surface area contributed by atoms with E-state index < -0.39 is 0 Å². The molecule has 4 nitrogen and oxygen atoms in total. The molecular weight excluding hydrogens is 402 g/mol. The van der Waals surface area contributed by atoms with Gasteiger partial charge in [0.05, 0.1) is 4.99 Å². The van der Waals surface area contributed by atoms with Gasteiger partial charge in [-0.15, -0.1) is 0 Å². The molecule has 1 fully saturated rings. The van der Waals surface area contributed by atoms with Crippen LogP contribution in [-0.2, 0) is 0 Å². The Morgan fingerprint density at radius 1 is 1.03 bits per heavy atom. The van der Waals surface area contributed by atoms with Crippen molar-refractivity contribution in [2.45, 2.75) is 39.5 Å². The van der Waals surface area contributed by atoms with Crippen LogP contribution in [0.4, 0.5) is 11.4 Å². The van der Waals surface area contributed by atoms with Crippen molar-refractivity contribution in [1.29, 1.82) is 0 Å². The Balaban J connectivity index is 1.37. The van der Waals surface area contributed by atoms with Crippen molar-refractivity contribution in [2.75, 3.05) is 42.9 Å². The standard InChI is InChI=1S/C26H35N3OS/c1-3-21(2)26(31)27-23-11-9-10-22(20-23)25(30)14-7-8-15-28-16-18-29(19-17-28)24-12-5-4-6-13-24/h4-6,9-13,20-21H,3,7-8,14-19H2,1-2H3,(H,27,31). The monoisotopic (exact) mass is 437 g/mol. The molecule has 31 heavy (non-hydrogen) atoms. The molecule has 0 bridgehead atoms. The topological polar surface area (TPSA) is 35.6 Å². The van der Waals surface area contributed by atoms with Crippen molar-refractivity contribution in [2.24, 2.45) is 5.92 Å². The number of piperazine rings is 1. The summed E-state index contributed by atoms with van der Waals surface area (Å²) in [6, 6.07) is 18.4. The summed E-state index contributed by atoms with van der Waals surface area (Å²) in [6.07, 6.45) is 3.60. The minimum atomic E-state index is 0.215. The fourth-order valence-corrected chi connectivity index (χ4v) is 4.14. The highest BCUT2D eigenvalue weighted by atomic mass is 32.1. The molecule has 1 aliphatic heterocycles.